The number of ether oxygens (including phenoxy) is 2. The van der Waals surface area contributed by atoms with Gasteiger partial charge in [-0.05, 0) is 91.5 Å². The molecule has 0 radical (unpaired) electrons. The fourth-order valence-electron chi connectivity index (χ4n) is 8.19. The summed E-state index contributed by atoms with van der Waals surface area (Å²) in [6, 6.07) is 43.7. The van der Waals surface area contributed by atoms with Gasteiger partial charge in [-0.2, -0.15) is 0 Å². The zero-order chi connectivity index (χ0) is 40.4. The quantitative estimate of drug-likeness (QED) is 0.143. The molecule has 0 bridgehead atoms. The smallest absolute Gasteiger partial charge is 0.512 e. The first-order valence-corrected chi connectivity index (χ1v) is 20.2. The van der Waals surface area contributed by atoms with Crippen LogP contribution in [0.4, 0.5) is 0 Å². The standard InChI is InChI=1S/C52H53N3O2.Pt/c1-32(2)42-19-15-20-43(33(3)4)47(42)35-26-36(49-54-52(11,51(9,10)57-49)37-17-13-12-14-18-37)28-40(27-35)56-41-30-38(50(6,7)8)29-39(31-41)55-46-23-22-34(5)25-45(46)44-21-16-24-53-48(44)55;/h12-27,29-30,32-33H,1-11H3;/q-2;+2/t52-;/m1./s1. The molecule has 0 spiro atoms. The largest absolute Gasteiger partial charge is 2.00 e. The zero-order valence-electron chi connectivity index (χ0n) is 35.5. The predicted octanol–water partition coefficient (Wildman–Crippen LogP) is 13.6. The van der Waals surface area contributed by atoms with Crippen molar-refractivity contribution >= 4 is 27.8 Å². The van der Waals surface area contributed by atoms with Crippen LogP contribution in [0.15, 0.2) is 114 Å². The van der Waals surface area contributed by atoms with Gasteiger partial charge in [-0.1, -0.05) is 138 Å². The molecule has 0 amide bonds. The third-order valence-corrected chi connectivity index (χ3v) is 11.8. The van der Waals surface area contributed by atoms with Crippen molar-refractivity contribution in [3.63, 3.8) is 0 Å². The summed E-state index contributed by atoms with van der Waals surface area (Å²) in [6.07, 6.45) is 1.86. The average molecular weight is 947 g/mol. The molecule has 0 N–H and O–H groups in total. The molecule has 1 aliphatic rings. The van der Waals surface area contributed by atoms with Crippen LogP contribution in [-0.4, -0.2) is 21.0 Å². The van der Waals surface area contributed by atoms with Crippen molar-refractivity contribution in [2.24, 2.45) is 4.99 Å². The summed E-state index contributed by atoms with van der Waals surface area (Å²) in [6.45, 7) is 24.2. The Morgan fingerprint density at radius 2 is 1.43 bits per heavy atom. The van der Waals surface area contributed by atoms with Crippen molar-refractivity contribution in [2.75, 3.05) is 0 Å². The van der Waals surface area contributed by atoms with Gasteiger partial charge in [0.15, 0.2) is 0 Å². The average Bonchev–Trinajstić information content (AvgIpc) is 3.63. The van der Waals surface area contributed by atoms with E-state index in [9.17, 15) is 0 Å². The first kappa shape index (κ1) is 41.2. The van der Waals surface area contributed by atoms with Crippen LogP contribution in [0.1, 0.15) is 114 Å². The molecule has 58 heavy (non-hydrogen) atoms. The molecule has 5 aromatic carbocycles. The molecule has 8 rings (SSSR count). The summed E-state index contributed by atoms with van der Waals surface area (Å²) >= 11 is 0. The van der Waals surface area contributed by atoms with Crippen molar-refractivity contribution < 1.29 is 30.5 Å². The van der Waals surface area contributed by atoms with Crippen LogP contribution in [0.2, 0.25) is 0 Å². The first-order chi connectivity index (χ1) is 27.0. The Kier molecular flexibility index (Phi) is 10.9. The summed E-state index contributed by atoms with van der Waals surface area (Å²) < 4.78 is 16.0. The van der Waals surface area contributed by atoms with Gasteiger partial charge >= 0.3 is 21.1 Å². The van der Waals surface area contributed by atoms with Crippen molar-refractivity contribution in [3.05, 3.63) is 155 Å². The summed E-state index contributed by atoms with van der Waals surface area (Å²) in [7, 11) is 0. The molecule has 0 unspecified atom stereocenters. The maximum absolute atomic E-state index is 6.99. The van der Waals surface area contributed by atoms with Crippen molar-refractivity contribution in [1.29, 1.82) is 0 Å². The molecule has 1 aliphatic heterocycles. The van der Waals surface area contributed by atoms with E-state index in [1.54, 1.807) is 0 Å². The Morgan fingerprint density at radius 1 is 0.741 bits per heavy atom. The summed E-state index contributed by atoms with van der Waals surface area (Å²) in [4.78, 5) is 10.2. The third-order valence-electron chi connectivity index (χ3n) is 11.8. The number of rotatable bonds is 8. The maximum atomic E-state index is 6.99. The molecule has 298 valence electrons. The minimum absolute atomic E-state index is 0. The van der Waals surface area contributed by atoms with Crippen LogP contribution in [0.3, 0.4) is 0 Å². The topological polar surface area (TPSA) is 48.6 Å². The van der Waals surface area contributed by atoms with E-state index in [2.05, 4.69) is 184 Å². The summed E-state index contributed by atoms with van der Waals surface area (Å²) in [5.74, 6) is 2.32. The molecule has 0 aliphatic carbocycles. The van der Waals surface area contributed by atoms with Gasteiger partial charge in [0.05, 0.1) is 5.52 Å². The van der Waals surface area contributed by atoms with E-state index in [0.29, 0.717) is 29.2 Å². The molecule has 0 fully saturated rings. The second-order valence-corrected chi connectivity index (χ2v) is 17.9. The molecular formula is C52H53N3O2Pt. The van der Waals surface area contributed by atoms with Crippen LogP contribution in [0.5, 0.6) is 11.5 Å². The van der Waals surface area contributed by atoms with Crippen LogP contribution < -0.4 is 4.74 Å². The Labute approximate surface area is 358 Å². The minimum Gasteiger partial charge on any atom is -0.512 e. The van der Waals surface area contributed by atoms with Gasteiger partial charge in [0.25, 0.3) is 0 Å². The van der Waals surface area contributed by atoms with E-state index in [4.69, 9.17) is 19.5 Å². The van der Waals surface area contributed by atoms with E-state index in [1.165, 1.54) is 22.3 Å². The van der Waals surface area contributed by atoms with Gasteiger partial charge < -0.3 is 14.0 Å². The summed E-state index contributed by atoms with van der Waals surface area (Å²) in [5.41, 5.74) is 10.4. The second-order valence-electron chi connectivity index (χ2n) is 17.9. The molecule has 0 saturated heterocycles. The molecule has 2 aromatic heterocycles. The molecular weight excluding hydrogens is 894 g/mol. The van der Waals surface area contributed by atoms with E-state index < -0.39 is 11.1 Å². The van der Waals surface area contributed by atoms with Crippen LogP contribution >= 0.6 is 0 Å². The Balaban J connectivity index is 0.00000512. The number of pyridine rings is 1. The Bertz CT molecular complexity index is 2660. The maximum Gasteiger partial charge on any atom is 2.00 e. The SMILES string of the molecule is Cc1ccc2c(c1)c1cccnc1n2-c1[c-]c(Oc2[c-]c(C3=N[C@](C)(c4ccccc4)C(C)(C)O3)cc(-c3c(C(C)C)cccc3C(C)C)c2)cc(C(C)(C)C)c1.[Pt+2]. The molecule has 0 saturated carbocycles. The first-order valence-electron chi connectivity index (χ1n) is 20.2. The number of aryl methyl sites for hydroxylation is 1. The normalized spacial score (nSPS) is 16.5. The number of hydrogen-bond acceptors (Lipinski definition) is 4. The van der Waals surface area contributed by atoms with Gasteiger partial charge in [-0.3, -0.25) is 4.99 Å². The van der Waals surface area contributed by atoms with E-state index >= 15 is 0 Å². The van der Waals surface area contributed by atoms with Crippen LogP contribution in [0.25, 0.3) is 38.8 Å². The zero-order valence-corrected chi connectivity index (χ0v) is 37.8. The van der Waals surface area contributed by atoms with Gasteiger partial charge in [-0.15, -0.1) is 29.8 Å². The number of fused-ring (bicyclic) bond motifs is 3. The number of nitrogens with zero attached hydrogens (tertiary/aromatic N) is 3. The monoisotopic (exact) mass is 946 g/mol. The molecule has 3 heterocycles. The Morgan fingerprint density at radius 3 is 2.10 bits per heavy atom. The number of benzene rings is 5. The van der Waals surface area contributed by atoms with E-state index in [0.717, 1.165) is 49.9 Å². The van der Waals surface area contributed by atoms with Crippen LogP contribution in [-0.2, 0) is 36.8 Å². The van der Waals surface area contributed by atoms with Gasteiger partial charge in [-0.25, -0.2) is 4.98 Å². The number of aliphatic imine (C=N–C) groups is 1. The number of hydrogen-bond donors (Lipinski definition) is 0. The van der Waals surface area contributed by atoms with E-state index in [-0.39, 0.29) is 26.5 Å². The minimum atomic E-state index is -0.619. The fraction of sp³-hybridized carbons (Fsp3) is 0.308. The molecule has 6 heteroatoms. The molecule has 5 nitrogen and oxygen atoms in total. The van der Waals surface area contributed by atoms with Gasteiger partial charge in [0, 0.05) is 28.5 Å². The molecule has 7 aromatic rings. The number of aromatic nitrogens is 2. The predicted molar refractivity (Wildman–Crippen MR) is 235 cm³/mol. The van der Waals surface area contributed by atoms with Gasteiger partial charge in [0.2, 0.25) is 0 Å². The summed E-state index contributed by atoms with van der Waals surface area (Å²) in [5, 5.41) is 2.26. The van der Waals surface area contributed by atoms with Crippen molar-refractivity contribution in [2.45, 2.75) is 105 Å². The Hall–Kier alpha value is -4.99. The van der Waals surface area contributed by atoms with E-state index in [1.807, 2.05) is 18.3 Å². The second kappa shape index (κ2) is 15.3. The van der Waals surface area contributed by atoms with Crippen LogP contribution in [0, 0.1) is 19.1 Å². The van der Waals surface area contributed by atoms with Crippen molar-refractivity contribution in [3.8, 4) is 28.3 Å². The van der Waals surface area contributed by atoms with Gasteiger partial charge in [0.1, 0.15) is 22.7 Å². The van der Waals surface area contributed by atoms with Crippen molar-refractivity contribution in [1.82, 2.24) is 9.55 Å². The molecule has 1 atom stereocenters. The third kappa shape index (κ3) is 7.32. The fourth-order valence-corrected chi connectivity index (χ4v) is 8.19.